The SMILES string of the molecule is CCCC(CNC(=O)CC1CCC1)C(=O)O. The Balaban J connectivity index is 2.19. The van der Waals surface area contributed by atoms with Crippen LogP contribution in [-0.4, -0.2) is 23.5 Å². The van der Waals surface area contributed by atoms with Crippen molar-refractivity contribution in [2.24, 2.45) is 11.8 Å². The Bertz CT molecular complexity index is 249. The minimum absolute atomic E-state index is 0.00653. The molecule has 92 valence electrons. The second-order valence-corrected chi connectivity index (χ2v) is 4.63. The number of hydrogen-bond donors (Lipinski definition) is 2. The molecular weight excluding hydrogens is 206 g/mol. The molecule has 1 fully saturated rings. The normalized spacial score (nSPS) is 17.6. The van der Waals surface area contributed by atoms with E-state index >= 15 is 0 Å². The van der Waals surface area contributed by atoms with Gasteiger partial charge in [-0.2, -0.15) is 0 Å². The molecule has 1 aliphatic rings. The van der Waals surface area contributed by atoms with E-state index < -0.39 is 11.9 Å². The first-order valence-electron chi connectivity index (χ1n) is 6.13. The van der Waals surface area contributed by atoms with Gasteiger partial charge >= 0.3 is 5.97 Å². The fourth-order valence-electron chi connectivity index (χ4n) is 1.93. The average molecular weight is 227 g/mol. The zero-order valence-electron chi connectivity index (χ0n) is 9.87. The van der Waals surface area contributed by atoms with Crippen molar-refractivity contribution in [2.75, 3.05) is 6.54 Å². The van der Waals surface area contributed by atoms with Crippen LogP contribution >= 0.6 is 0 Å². The Morgan fingerprint density at radius 3 is 2.56 bits per heavy atom. The van der Waals surface area contributed by atoms with Gasteiger partial charge in [0.05, 0.1) is 5.92 Å². The number of nitrogens with one attached hydrogen (secondary N) is 1. The third-order valence-electron chi connectivity index (χ3n) is 3.23. The molecule has 1 rings (SSSR count). The molecule has 0 aromatic heterocycles. The molecule has 0 radical (unpaired) electrons. The second kappa shape index (κ2) is 6.51. The predicted molar refractivity (Wildman–Crippen MR) is 61.0 cm³/mol. The van der Waals surface area contributed by atoms with Crippen molar-refractivity contribution in [3.05, 3.63) is 0 Å². The van der Waals surface area contributed by atoms with Crippen molar-refractivity contribution < 1.29 is 14.7 Å². The van der Waals surface area contributed by atoms with Gasteiger partial charge in [0.15, 0.2) is 0 Å². The van der Waals surface area contributed by atoms with Crippen LogP contribution in [0.3, 0.4) is 0 Å². The van der Waals surface area contributed by atoms with Crippen LogP contribution < -0.4 is 5.32 Å². The molecular formula is C12H21NO3. The molecule has 1 saturated carbocycles. The highest BCUT2D eigenvalue weighted by molar-refractivity contribution is 5.77. The molecule has 4 heteroatoms. The lowest BCUT2D eigenvalue weighted by molar-refractivity contribution is -0.142. The summed E-state index contributed by atoms with van der Waals surface area (Å²) in [5.74, 6) is -0.706. The third-order valence-corrected chi connectivity index (χ3v) is 3.23. The first-order valence-corrected chi connectivity index (χ1v) is 6.13. The molecule has 0 heterocycles. The van der Waals surface area contributed by atoms with Gasteiger partial charge in [-0.1, -0.05) is 19.8 Å². The minimum Gasteiger partial charge on any atom is -0.481 e. The minimum atomic E-state index is -0.814. The lowest BCUT2D eigenvalue weighted by atomic mass is 9.83. The predicted octanol–water partition coefficient (Wildman–Crippen LogP) is 1.79. The van der Waals surface area contributed by atoms with E-state index in [9.17, 15) is 9.59 Å². The van der Waals surface area contributed by atoms with Gasteiger partial charge in [-0.15, -0.1) is 0 Å². The summed E-state index contributed by atoms with van der Waals surface area (Å²) >= 11 is 0. The second-order valence-electron chi connectivity index (χ2n) is 4.63. The zero-order chi connectivity index (χ0) is 12.0. The molecule has 0 saturated heterocycles. The Morgan fingerprint density at radius 1 is 1.44 bits per heavy atom. The maximum absolute atomic E-state index is 11.5. The molecule has 1 atom stereocenters. The van der Waals surface area contributed by atoms with E-state index in [1.165, 1.54) is 6.42 Å². The first-order chi connectivity index (χ1) is 7.63. The number of aliphatic carboxylic acids is 1. The standard InChI is InChI=1S/C12H21NO3/c1-2-4-10(12(15)16)8-13-11(14)7-9-5-3-6-9/h9-10H,2-8H2,1H3,(H,13,14)(H,15,16). The number of hydrogen-bond acceptors (Lipinski definition) is 2. The summed E-state index contributed by atoms with van der Waals surface area (Å²) in [6.07, 6.45) is 5.54. The summed E-state index contributed by atoms with van der Waals surface area (Å²) in [6, 6.07) is 0. The Morgan fingerprint density at radius 2 is 2.12 bits per heavy atom. The van der Waals surface area contributed by atoms with Gasteiger partial charge in [0.2, 0.25) is 5.91 Å². The Labute approximate surface area is 96.4 Å². The molecule has 1 unspecified atom stereocenters. The maximum atomic E-state index is 11.5. The maximum Gasteiger partial charge on any atom is 0.308 e. The average Bonchev–Trinajstić information content (AvgIpc) is 2.17. The van der Waals surface area contributed by atoms with Gasteiger partial charge in [-0.05, 0) is 25.2 Å². The number of carboxylic acid groups (broad SMARTS) is 1. The molecule has 1 aliphatic carbocycles. The highest BCUT2D eigenvalue weighted by Crippen LogP contribution is 2.29. The Kier molecular flexibility index (Phi) is 5.29. The van der Waals surface area contributed by atoms with Gasteiger partial charge in [-0.25, -0.2) is 0 Å². The number of carbonyl (C=O) groups is 2. The van der Waals surface area contributed by atoms with E-state index in [2.05, 4.69) is 5.32 Å². The Hall–Kier alpha value is -1.06. The third kappa shape index (κ3) is 4.21. The number of rotatable bonds is 7. The van der Waals surface area contributed by atoms with Crippen LogP contribution in [0.1, 0.15) is 45.4 Å². The fraction of sp³-hybridized carbons (Fsp3) is 0.833. The molecule has 2 N–H and O–H groups in total. The molecule has 4 nitrogen and oxygen atoms in total. The van der Waals surface area contributed by atoms with Crippen molar-refractivity contribution in [1.29, 1.82) is 0 Å². The van der Waals surface area contributed by atoms with Crippen molar-refractivity contribution in [3.63, 3.8) is 0 Å². The fourth-order valence-corrected chi connectivity index (χ4v) is 1.93. The molecule has 1 amide bonds. The summed E-state index contributed by atoms with van der Waals surface area (Å²) in [4.78, 5) is 22.3. The van der Waals surface area contributed by atoms with Gasteiger partial charge in [0.1, 0.15) is 0 Å². The molecule has 0 aliphatic heterocycles. The highest BCUT2D eigenvalue weighted by atomic mass is 16.4. The quantitative estimate of drug-likeness (QED) is 0.697. The van der Waals surface area contributed by atoms with Crippen LogP contribution in [0.4, 0.5) is 0 Å². The number of carbonyl (C=O) groups excluding carboxylic acids is 1. The highest BCUT2D eigenvalue weighted by Gasteiger charge is 2.22. The number of carboxylic acids is 1. The van der Waals surface area contributed by atoms with Gasteiger partial charge in [-0.3, -0.25) is 9.59 Å². The lowest BCUT2D eigenvalue weighted by Crippen LogP contribution is -2.34. The van der Waals surface area contributed by atoms with Gasteiger partial charge in [0.25, 0.3) is 0 Å². The van der Waals surface area contributed by atoms with E-state index in [1.807, 2.05) is 6.92 Å². The van der Waals surface area contributed by atoms with Gasteiger partial charge < -0.3 is 10.4 Å². The first kappa shape index (κ1) is 13.0. The topological polar surface area (TPSA) is 66.4 Å². The largest absolute Gasteiger partial charge is 0.481 e. The summed E-state index contributed by atoms with van der Waals surface area (Å²) < 4.78 is 0. The van der Waals surface area contributed by atoms with Crippen LogP contribution in [0, 0.1) is 11.8 Å². The zero-order valence-corrected chi connectivity index (χ0v) is 9.87. The van der Waals surface area contributed by atoms with Crippen LogP contribution in [0.25, 0.3) is 0 Å². The van der Waals surface area contributed by atoms with Crippen LogP contribution in [-0.2, 0) is 9.59 Å². The van der Waals surface area contributed by atoms with E-state index in [1.54, 1.807) is 0 Å². The van der Waals surface area contributed by atoms with E-state index in [0.717, 1.165) is 19.3 Å². The molecule has 0 bridgehead atoms. The van der Waals surface area contributed by atoms with Crippen LogP contribution in [0.2, 0.25) is 0 Å². The molecule has 0 aromatic carbocycles. The van der Waals surface area contributed by atoms with E-state index in [4.69, 9.17) is 5.11 Å². The number of amides is 1. The molecule has 16 heavy (non-hydrogen) atoms. The molecule has 0 aromatic rings. The van der Waals surface area contributed by atoms with Crippen molar-refractivity contribution in [1.82, 2.24) is 5.32 Å². The summed E-state index contributed by atoms with van der Waals surface area (Å²) in [6.45, 7) is 2.22. The molecule has 0 spiro atoms. The van der Waals surface area contributed by atoms with E-state index in [-0.39, 0.29) is 12.5 Å². The smallest absolute Gasteiger partial charge is 0.308 e. The van der Waals surface area contributed by atoms with Crippen molar-refractivity contribution >= 4 is 11.9 Å². The lowest BCUT2D eigenvalue weighted by Gasteiger charge is -2.24. The summed E-state index contributed by atoms with van der Waals surface area (Å²) in [5, 5.41) is 11.6. The van der Waals surface area contributed by atoms with Gasteiger partial charge in [0, 0.05) is 13.0 Å². The van der Waals surface area contributed by atoms with Crippen molar-refractivity contribution in [2.45, 2.75) is 45.4 Å². The van der Waals surface area contributed by atoms with E-state index in [0.29, 0.717) is 18.8 Å². The van der Waals surface area contributed by atoms with Crippen molar-refractivity contribution in [3.8, 4) is 0 Å². The van der Waals surface area contributed by atoms with Crippen LogP contribution in [0.15, 0.2) is 0 Å². The summed E-state index contributed by atoms with van der Waals surface area (Å²) in [7, 11) is 0. The monoisotopic (exact) mass is 227 g/mol. The summed E-state index contributed by atoms with van der Waals surface area (Å²) in [5.41, 5.74) is 0. The van der Waals surface area contributed by atoms with Crippen LogP contribution in [0.5, 0.6) is 0 Å².